The third-order valence-electron chi connectivity index (χ3n) is 2.00. The first kappa shape index (κ1) is 14.9. The van der Waals surface area contributed by atoms with Crippen molar-refractivity contribution >= 4 is 11.8 Å². The minimum Gasteiger partial charge on any atom is -0.356 e. The van der Waals surface area contributed by atoms with Crippen molar-refractivity contribution in [2.75, 3.05) is 13.1 Å². The van der Waals surface area contributed by atoms with E-state index in [-0.39, 0.29) is 23.9 Å². The van der Waals surface area contributed by atoms with Crippen molar-refractivity contribution in [3.05, 3.63) is 0 Å². The monoisotopic (exact) mass is 229 g/mol. The summed E-state index contributed by atoms with van der Waals surface area (Å²) < 4.78 is 0. The summed E-state index contributed by atoms with van der Waals surface area (Å²) in [4.78, 5) is 22.6. The molecule has 0 bridgehead atoms. The molecule has 0 aliphatic rings. The van der Waals surface area contributed by atoms with Gasteiger partial charge in [-0.15, -0.1) is 0 Å². The van der Waals surface area contributed by atoms with Crippen molar-refractivity contribution < 1.29 is 9.59 Å². The van der Waals surface area contributed by atoms with E-state index in [4.69, 9.17) is 0 Å². The highest BCUT2D eigenvalue weighted by Gasteiger charge is 2.12. The lowest BCUT2D eigenvalue weighted by molar-refractivity contribution is -0.124. The van der Waals surface area contributed by atoms with E-state index in [1.807, 2.05) is 20.8 Å². The zero-order chi connectivity index (χ0) is 12.6. The molecule has 2 amide bonds. The third kappa shape index (κ3) is 7.23. The van der Waals surface area contributed by atoms with E-state index in [2.05, 4.69) is 16.0 Å². The van der Waals surface area contributed by atoms with Gasteiger partial charge >= 0.3 is 0 Å². The van der Waals surface area contributed by atoms with Crippen molar-refractivity contribution in [3.63, 3.8) is 0 Å². The lowest BCUT2D eigenvalue weighted by Gasteiger charge is -2.15. The van der Waals surface area contributed by atoms with E-state index in [0.29, 0.717) is 19.5 Å². The van der Waals surface area contributed by atoms with Crippen LogP contribution in [0.4, 0.5) is 0 Å². The first-order valence-electron chi connectivity index (χ1n) is 5.77. The molecule has 0 saturated carbocycles. The molecule has 0 rings (SSSR count). The lowest BCUT2D eigenvalue weighted by atomic mass is 10.2. The molecule has 0 aromatic heterocycles. The molecule has 3 N–H and O–H groups in total. The SMILES string of the molecule is CCNC(=O)CCNC(C)C(=O)NC(C)C. The van der Waals surface area contributed by atoms with Crippen LogP contribution in [0.5, 0.6) is 0 Å². The summed E-state index contributed by atoms with van der Waals surface area (Å²) in [6, 6.07) is -0.128. The van der Waals surface area contributed by atoms with E-state index >= 15 is 0 Å². The molecule has 0 radical (unpaired) electrons. The van der Waals surface area contributed by atoms with Gasteiger partial charge in [0.25, 0.3) is 0 Å². The number of nitrogens with one attached hydrogen (secondary N) is 3. The summed E-state index contributed by atoms with van der Waals surface area (Å²) in [7, 11) is 0. The summed E-state index contributed by atoms with van der Waals surface area (Å²) in [6.45, 7) is 8.65. The van der Waals surface area contributed by atoms with Crippen LogP contribution in [0.15, 0.2) is 0 Å². The van der Waals surface area contributed by atoms with Crippen molar-refractivity contribution in [2.24, 2.45) is 0 Å². The minimum absolute atomic E-state index is 0.00599. The summed E-state index contributed by atoms with van der Waals surface area (Å²) in [5.41, 5.74) is 0. The first-order chi connectivity index (χ1) is 7.47. The quantitative estimate of drug-likeness (QED) is 0.576. The van der Waals surface area contributed by atoms with Crippen LogP contribution in [0.25, 0.3) is 0 Å². The van der Waals surface area contributed by atoms with Gasteiger partial charge in [-0.25, -0.2) is 0 Å². The van der Waals surface area contributed by atoms with Crippen LogP contribution in [0, 0.1) is 0 Å². The van der Waals surface area contributed by atoms with Crippen LogP contribution < -0.4 is 16.0 Å². The second-order valence-electron chi connectivity index (χ2n) is 4.04. The molecular weight excluding hydrogens is 206 g/mol. The number of hydrogen-bond donors (Lipinski definition) is 3. The van der Waals surface area contributed by atoms with Gasteiger partial charge in [0.05, 0.1) is 6.04 Å². The van der Waals surface area contributed by atoms with Gasteiger partial charge in [0.15, 0.2) is 0 Å². The van der Waals surface area contributed by atoms with Crippen LogP contribution in [0.3, 0.4) is 0 Å². The highest BCUT2D eigenvalue weighted by atomic mass is 16.2. The maximum Gasteiger partial charge on any atom is 0.237 e. The zero-order valence-electron chi connectivity index (χ0n) is 10.6. The number of hydrogen-bond acceptors (Lipinski definition) is 3. The normalized spacial score (nSPS) is 12.3. The number of amides is 2. The fourth-order valence-corrected chi connectivity index (χ4v) is 1.19. The summed E-state index contributed by atoms with van der Waals surface area (Å²) in [5.74, 6) is -0.0302. The number of carbonyl (C=O) groups excluding carboxylic acids is 2. The predicted octanol–water partition coefficient (Wildman–Crippen LogP) is 0.0153. The molecule has 0 aromatic carbocycles. The fourth-order valence-electron chi connectivity index (χ4n) is 1.19. The van der Waals surface area contributed by atoms with Gasteiger partial charge in [-0.3, -0.25) is 9.59 Å². The highest BCUT2D eigenvalue weighted by Crippen LogP contribution is 1.86. The number of carbonyl (C=O) groups is 2. The second kappa shape index (κ2) is 8.10. The molecular formula is C11H23N3O2. The first-order valence-corrected chi connectivity index (χ1v) is 5.77. The smallest absolute Gasteiger partial charge is 0.237 e. The van der Waals surface area contributed by atoms with Crippen LogP contribution >= 0.6 is 0 Å². The average Bonchev–Trinajstić information content (AvgIpc) is 2.16. The van der Waals surface area contributed by atoms with Gasteiger partial charge in [0.1, 0.15) is 0 Å². The van der Waals surface area contributed by atoms with Crippen molar-refractivity contribution in [3.8, 4) is 0 Å². The Bertz CT molecular complexity index is 229. The Kier molecular flexibility index (Phi) is 7.54. The Morgan fingerprint density at radius 1 is 1.19 bits per heavy atom. The molecule has 16 heavy (non-hydrogen) atoms. The molecule has 5 heteroatoms. The summed E-state index contributed by atoms with van der Waals surface area (Å²) in [5, 5.41) is 8.51. The topological polar surface area (TPSA) is 70.2 Å². The van der Waals surface area contributed by atoms with E-state index in [1.165, 1.54) is 0 Å². The predicted molar refractivity (Wildman–Crippen MR) is 64.0 cm³/mol. The molecule has 94 valence electrons. The molecule has 0 aliphatic heterocycles. The summed E-state index contributed by atoms with van der Waals surface area (Å²) in [6.07, 6.45) is 0.396. The molecule has 1 unspecified atom stereocenters. The van der Waals surface area contributed by atoms with Crippen LogP contribution in [-0.4, -0.2) is 37.0 Å². The molecule has 0 heterocycles. The second-order valence-corrected chi connectivity index (χ2v) is 4.04. The van der Waals surface area contributed by atoms with Gasteiger partial charge in [0.2, 0.25) is 11.8 Å². The van der Waals surface area contributed by atoms with Gasteiger partial charge in [-0.05, 0) is 27.7 Å². The van der Waals surface area contributed by atoms with Crippen molar-refractivity contribution in [1.82, 2.24) is 16.0 Å². The maximum absolute atomic E-state index is 11.5. The standard InChI is InChI=1S/C11H23N3O2/c1-5-12-10(15)6-7-13-9(4)11(16)14-8(2)3/h8-9,13H,5-7H2,1-4H3,(H,12,15)(H,14,16). The largest absolute Gasteiger partial charge is 0.356 e. The molecule has 5 nitrogen and oxygen atoms in total. The van der Waals surface area contributed by atoms with Crippen LogP contribution in [-0.2, 0) is 9.59 Å². The van der Waals surface area contributed by atoms with E-state index in [1.54, 1.807) is 6.92 Å². The third-order valence-corrected chi connectivity index (χ3v) is 2.00. The van der Waals surface area contributed by atoms with Crippen molar-refractivity contribution in [2.45, 2.75) is 46.2 Å². The molecule has 0 fully saturated rings. The molecule has 0 saturated heterocycles. The lowest BCUT2D eigenvalue weighted by Crippen LogP contribution is -2.45. The Morgan fingerprint density at radius 2 is 1.81 bits per heavy atom. The fraction of sp³-hybridized carbons (Fsp3) is 0.818. The zero-order valence-corrected chi connectivity index (χ0v) is 10.6. The van der Waals surface area contributed by atoms with E-state index in [9.17, 15) is 9.59 Å². The van der Waals surface area contributed by atoms with Crippen LogP contribution in [0.2, 0.25) is 0 Å². The minimum atomic E-state index is -0.267. The molecule has 1 atom stereocenters. The molecule has 0 aromatic rings. The Labute approximate surface area is 97.4 Å². The van der Waals surface area contributed by atoms with E-state index in [0.717, 1.165) is 0 Å². The van der Waals surface area contributed by atoms with Gasteiger partial charge in [-0.1, -0.05) is 0 Å². The van der Waals surface area contributed by atoms with Crippen LogP contribution in [0.1, 0.15) is 34.1 Å². The van der Waals surface area contributed by atoms with Gasteiger partial charge < -0.3 is 16.0 Å². The molecule has 0 aliphatic carbocycles. The van der Waals surface area contributed by atoms with Crippen molar-refractivity contribution in [1.29, 1.82) is 0 Å². The van der Waals surface area contributed by atoms with E-state index < -0.39 is 0 Å². The average molecular weight is 229 g/mol. The summed E-state index contributed by atoms with van der Waals surface area (Å²) >= 11 is 0. The molecule has 0 spiro atoms. The number of rotatable bonds is 7. The van der Waals surface area contributed by atoms with Gasteiger partial charge in [-0.2, -0.15) is 0 Å². The Balaban J connectivity index is 3.68. The Hall–Kier alpha value is -1.10. The highest BCUT2D eigenvalue weighted by molar-refractivity contribution is 5.81. The maximum atomic E-state index is 11.5. The Morgan fingerprint density at radius 3 is 2.31 bits per heavy atom. The van der Waals surface area contributed by atoms with Gasteiger partial charge in [0, 0.05) is 25.6 Å².